The predicted octanol–water partition coefficient (Wildman–Crippen LogP) is 0.213. The fraction of sp³-hybridized carbons (Fsp3) is 0.533. The number of carbonyl (C=O) groups is 2. The maximum atomic E-state index is 12.9. The number of ether oxygens (including phenoxy) is 6. The molecule has 0 aromatic heterocycles. The Kier molecular flexibility index (Phi) is 6.44. The van der Waals surface area contributed by atoms with Crippen LogP contribution in [0.25, 0.3) is 0 Å². The summed E-state index contributed by atoms with van der Waals surface area (Å²) in [7, 11) is 0. The van der Waals surface area contributed by atoms with Crippen LogP contribution < -0.4 is 0 Å². The minimum atomic E-state index is -1.71. The Morgan fingerprint density at radius 1 is 0.907 bits per heavy atom. The van der Waals surface area contributed by atoms with Crippen LogP contribution in [0.15, 0.2) is 54.6 Å². The topological polar surface area (TPSA) is 191 Å². The summed E-state index contributed by atoms with van der Waals surface area (Å²) in [6.45, 7) is 1.01. The molecule has 7 aliphatic rings. The van der Waals surface area contributed by atoms with E-state index in [-0.39, 0.29) is 36.3 Å². The van der Waals surface area contributed by atoms with E-state index in [1.54, 1.807) is 37.3 Å². The van der Waals surface area contributed by atoms with E-state index >= 15 is 0 Å². The summed E-state index contributed by atoms with van der Waals surface area (Å²) in [4.78, 5) is 25.4. The normalized spacial score (nSPS) is 43.7. The molecule has 230 valence electrons. The van der Waals surface area contributed by atoms with Gasteiger partial charge in [0.05, 0.1) is 16.5 Å². The highest BCUT2D eigenvalue weighted by molar-refractivity contribution is 5.90. The molecule has 3 saturated carbocycles. The number of phenols is 1. The molecule has 7 fully saturated rings. The largest absolute Gasteiger partial charge is 0.508 e. The van der Waals surface area contributed by atoms with Crippen LogP contribution in [-0.4, -0.2) is 105 Å². The third kappa shape index (κ3) is 3.93. The highest BCUT2D eigenvalue weighted by Gasteiger charge is 2.94. The fourth-order valence-electron chi connectivity index (χ4n) is 7.70. The van der Waals surface area contributed by atoms with Gasteiger partial charge in [0.15, 0.2) is 18.4 Å². The molecule has 5 N–H and O–H groups in total. The number of hydrogen-bond donors (Lipinski definition) is 5. The van der Waals surface area contributed by atoms with Gasteiger partial charge in [0.25, 0.3) is 0 Å². The summed E-state index contributed by atoms with van der Waals surface area (Å²) in [5.74, 6) is -3.46. The molecule has 0 spiro atoms. The summed E-state index contributed by atoms with van der Waals surface area (Å²) < 4.78 is 35.6. The first kappa shape index (κ1) is 28.6. The molecular weight excluding hydrogens is 568 g/mol. The van der Waals surface area contributed by atoms with Crippen molar-refractivity contribution in [2.24, 2.45) is 11.3 Å². The summed E-state index contributed by atoms with van der Waals surface area (Å²) in [5.41, 5.74) is -3.18. The molecule has 43 heavy (non-hydrogen) atoms. The van der Waals surface area contributed by atoms with E-state index in [4.69, 9.17) is 28.4 Å². The Hall–Kier alpha value is -3.14. The molecule has 3 aliphatic carbocycles. The van der Waals surface area contributed by atoms with Gasteiger partial charge >= 0.3 is 11.9 Å². The molecule has 0 amide bonds. The maximum absolute atomic E-state index is 12.9. The lowest BCUT2D eigenvalue weighted by atomic mass is 9.41. The van der Waals surface area contributed by atoms with Gasteiger partial charge in [-0.05, 0) is 49.7 Å². The average molecular weight is 601 g/mol. The smallest absolute Gasteiger partial charge is 0.338 e. The van der Waals surface area contributed by atoms with Crippen LogP contribution >= 0.6 is 0 Å². The molecule has 4 saturated heterocycles. The van der Waals surface area contributed by atoms with Crippen LogP contribution in [0.5, 0.6) is 5.75 Å². The molecule has 0 radical (unpaired) electrons. The van der Waals surface area contributed by atoms with Crippen LogP contribution in [0.4, 0.5) is 0 Å². The first-order chi connectivity index (χ1) is 20.4. The molecule has 4 aliphatic heterocycles. The zero-order valence-corrected chi connectivity index (χ0v) is 23.1. The molecular formula is C30H32O13. The number of benzene rings is 2. The number of aromatic hydroxyl groups is 1. The fourth-order valence-corrected chi connectivity index (χ4v) is 7.70. The van der Waals surface area contributed by atoms with Crippen LogP contribution in [-0.2, 0) is 28.4 Å². The van der Waals surface area contributed by atoms with Gasteiger partial charge in [-0.1, -0.05) is 18.2 Å². The van der Waals surface area contributed by atoms with Crippen molar-refractivity contribution in [2.45, 2.75) is 73.8 Å². The standard InChI is InChI=1S/C30H32O13/c1-27-13-29(37)19-11-30(27,28(19,26(42-27)43-29)14-39-24(36)16-7-9-17(31)10-8-16)41-25-22(34)21(33)20(32)18(40-25)12-38-23(35)15-5-3-2-4-6-15/h2-10,18-22,25-26,31-34,37H,11-14H2,1H3/t18-,19-,20-,21+,22-,25+,26-,27-,28?,29-,30+/m1/s1. The highest BCUT2D eigenvalue weighted by Crippen LogP contribution is 2.81. The number of phenolic OH excluding ortho intramolecular Hbond substituents is 1. The van der Waals surface area contributed by atoms with Crippen molar-refractivity contribution < 1.29 is 63.5 Å². The van der Waals surface area contributed by atoms with Crippen molar-refractivity contribution in [2.75, 3.05) is 13.2 Å². The predicted molar refractivity (Wildman–Crippen MR) is 140 cm³/mol. The second-order valence-electron chi connectivity index (χ2n) is 12.2. The summed E-state index contributed by atoms with van der Waals surface area (Å²) >= 11 is 0. The second kappa shape index (κ2) is 9.68. The van der Waals surface area contributed by atoms with E-state index in [0.717, 1.165) is 0 Å². The van der Waals surface area contributed by atoms with E-state index in [0.29, 0.717) is 0 Å². The molecule has 13 heteroatoms. The van der Waals surface area contributed by atoms with Gasteiger partial charge in [-0.2, -0.15) is 0 Å². The summed E-state index contributed by atoms with van der Waals surface area (Å²) in [5, 5.41) is 53.2. The van der Waals surface area contributed by atoms with Gasteiger partial charge < -0.3 is 54.0 Å². The van der Waals surface area contributed by atoms with Gasteiger partial charge in [-0.25, -0.2) is 9.59 Å². The lowest BCUT2D eigenvalue weighted by molar-refractivity contribution is -0.424. The van der Waals surface area contributed by atoms with E-state index in [1.807, 2.05) is 0 Å². The first-order valence-corrected chi connectivity index (χ1v) is 14.1. The van der Waals surface area contributed by atoms with Crippen molar-refractivity contribution in [3.8, 4) is 5.75 Å². The minimum absolute atomic E-state index is 0.0149. The van der Waals surface area contributed by atoms with Gasteiger partial charge in [0.1, 0.15) is 54.6 Å². The Morgan fingerprint density at radius 3 is 2.30 bits per heavy atom. The number of carbonyl (C=O) groups excluding carboxylic acids is 2. The average Bonchev–Trinajstić information content (AvgIpc) is 3.18. The Bertz CT molecular complexity index is 1420. The van der Waals surface area contributed by atoms with Crippen molar-refractivity contribution >= 4 is 11.9 Å². The molecule has 2 aromatic carbocycles. The Balaban J connectivity index is 1.12. The van der Waals surface area contributed by atoms with Crippen molar-refractivity contribution in [1.29, 1.82) is 0 Å². The Morgan fingerprint density at radius 2 is 1.58 bits per heavy atom. The number of aliphatic hydroxyl groups is 4. The SMILES string of the molecule is C[C@]12C[C@@]3(O)O[C@@H](O1)C1(COC(=O)c4ccc(O)cc4)[C@H]3C[C@@]12O[C@@H]1O[C@H](COC(=O)c2ccccc2)[C@@H](O)[C@H](O)[C@H]1O. The maximum Gasteiger partial charge on any atom is 0.338 e. The van der Waals surface area contributed by atoms with Crippen LogP contribution in [0.1, 0.15) is 40.5 Å². The molecule has 2 aromatic rings. The van der Waals surface area contributed by atoms with Crippen LogP contribution in [0.3, 0.4) is 0 Å². The van der Waals surface area contributed by atoms with Crippen LogP contribution in [0, 0.1) is 11.3 Å². The third-order valence-corrected chi connectivity index (χ3v) is 9.87. The van der Waals surface area contributed by atoms with Crippen molar-refractivity contribution in [1.82, 2.24) is 0 Å². The zero-order valence-electron chi connectivity index (χ0n) is 23.1. The molecule has 4 heterocycles. The minimum Gasteiger partial charge on any atom is -0.508 e. The van der Waals surface area contributed by atoms with Gasteiger partial charge in [0.2, 0.25) is 0 Å². The van der Waals surface area contributed by atoms with Gasteiger partial charge in [-0.15, -0.1) is 0 Å². The number of esters is 2. The molecule has 1 unspecified atom stereocenters. The number of hydrogen-bond acceptors (Lipinski definition) is 13. The van der Waals surface area contributed by atoms with Gasteiger partial charge in [0, 0.05) is 12.3 Å². The molecule has 6 bridgehead atoms. The van der Waals surface area contributed by atoms with Crippen molar-refractivity contribution in [3.63, 3.8) is 0 Å². The van der Waals surface area contributed by atoms with E-state index in [9.17, 15) is 35.1 Å². The monoisotopic (exact) mass is 600 g/mol. The lowest BCUT2D eigenvalue weighted by Gasteiger charge is -2.67. The molecule has 13 nitrogen and oxygen atoms in total. The van der Waals surface area contributed by atoms with Crippen LogP contribution in [0.2, 0.25) is 0 Å². The third-order valence-electron chi connectivity index (χ3n) is 9.87. The summed E-state index contributed by atoms with van der Waals surface area (Å²) in [6, 6.07) is 13.7. The second-order valence-corrected chi connectivity index (χ2v) is 12.2. The highest BCUT2D eigenvalue weighted by atomic mass is 16.8. The van der Waals surface area contributed by atoms with E-state index in [2.05, 4.69) is 0 Å². The Labute approximate surface area is 245 Å². The number of rotatable bonds is 8. The molecule has 11 atom stereocenters. The quantitative estimate of drug-likeness (QED) is 0.259. The van der Waals surface area contributed by atoms with E-state index < -0.39 is 83.9 Å². The number of aliphatic hydroxyl groups excluding tert-OH is 3. The summed E-state index contributed by atoms with van der Waals surface area (Å²) in [6.07, 6.45) is -8.57. The van der Waals surface area contributed by atoms with Gasteiger partial charge in [-0.3, -0.25) is 0 Å². The molecule has 9 rings (SSSR count). The first-order valence-electron chi connectivity index (χ1n) is 14.1. The lowest BCUT2D eigenvalue weighted by Crippen LogP contribution is -2.80. The zero-order chi connectivity index (χ0) is 30.4. The van der Waals surface area contributed by atoms with E-state index in [1.165, 1.54) is 24.3 Å². The van der Waals surface area contributed by atoms with Crippen molar-refractivity contribution in [3.05, 3.63) is 65.7 Å².